The molecule has 0 saturated carbocycles. The van der Waals surface area contributed by atoms with E-state index in [0.717, 1.165) is 0 Å². The predicted molar refractivity (Wildman–Crippen MR) is 25.3 cm³/mol. The molecule has 0 rings (SSSR count). The highest BCUT2D eigenvalue weighted by atomic mass is 14.9. The molecule has 4 N–H and O–H groups in total. The van der Waals surface area contributed by atoms with E-state index in [1.807, 2.05) is 0 Å². The van der Waals surface area contributed by atoms with Gasteiger partial charge in [0, 0.05) is 0 Å². The molecule has 0 aliphatic rings. The van der Waals surface area contributed by atoms with E-state index in [1.54, 1.807) is 7.05 Å². The van der Waals surface area contributed by atoms with Crippen molar-refractivity contribution in [2.45, 2.75) is 6.17 Å². The molecule has 0 aromatic heterocycles. The Morgan fingerprint density at radius 2 is 2.17 bits per heavy atom. The molecule has 0 unspecified atom stereocenters. The van der Waals surface area contributed by atoms with Crippen molar-refractivity contribution in [2.75, 3.05) is 7.05 Å². The summed E-state index contributed by atoms with van der Waals surface area (Å²) in [5.74, 6) is 0. The zero-order chi connectivity index (χ0) is 4.99. The first-order valence-corrected chi connectivity index (χ1v) is 1.63. The number of rotatable bonds is 0. The second-order valence-electron chi connectivity index (χ2n) is 0.878. The van der Waals surface area contributed by atoms with E-state index < -0.39 is 6.17 Å². The molecule has 0 radical (unpaired) electrons. The summed E-state index contributed by atoms with van der Waals surface area (Å²) in [6.45, 7) is 0. The molecule has 3 heteroatoms. The number of hydrogen-bond acceptors (Lipinski definition) is 2. The maximum absolute atomic E-state index is 4.98. The minimum atomic E-state index is -0.519. The molecule has 0 aliphatic carbocycles. The molecule has 0 bridgehead atoms. The highest BCUT2D eigenvalue weighted by Gasteiger charge is 1.87. The van der Waals surface area contributed by atoms with Crippen molar-refractivity contribution >= 4 is 0 Å². The molecule has 0 atom stereocenters. The number of nitrogens with two attached hydrogens (primary N) is 2. The van der Waals surface area contributed by atoms with Crippen molar-refractivity contribution in [1.82, 2.24) is 0 Å². The number of hydrogen-bond donors (Lipinski definition) is 2. The lowest BCUT2D eigenvalue weighted by molar-refractivity contribution is 0.904. The summed E-state index contributed by atoms with van der Waals surface area (Å²) in [5, 5.41) is 0. The van der Waals surface area contributed by atoms with Crippen LogP contribution in [0.5, 0.6) is 0 Å². The molecule has 0 spiro atoms. The monoisotopic (exact) mass is 86.1 g/mol. The second kappa shape index (κ2) is 2.64. The van der Waals surface area contributed by atoms with Crippen molar-refractivity contribution in [1.29, 1.82) is 0 Å². The van der Waals surface area contributed by atoms with Crippen LogP contribution in [0.25, 0.3) is 4.85 Å². The normalized spacial score (nSPS) is 7.33. The van der Waals surface area contributed by atoms with Crippen LogP contribution < -0.4 is 11.5 Å². The Morgan fingerprint density at radius 1 is 1.67 bits per heavy atom. The van der Waals surface area contributed by atoms with E-state index in [1.165, 1.54) is 0 Å². The summed E-state index contributed by atoms with van der Waals surface area (Å²) in [6, 6.07) is 2.39. The first-order chi connectivity index (χ1) is 2.77. The van der Waals surface area contributed by atoms with Gasteiger partial charge in [0.15, 0.2) is 6.17 Å². The highest BCUT2D eigenvalue weighted by molar-refractivity contribution is 4.91. The first kappa shape index (κ1) is 5.41. The third-order valence-electron chi connectivity index (χ3n) is 0.278. The van der Waals surface area contributed by atoms with Gasteiger partial charge >= 0.3 is 6.07 Å². The standard InChI is InChI=1S/C3H8N3/c1-6-2-3(4)5/h3H,4-5H2,1H3/q+1. The molecule has 0 aromatic rings. The third kappa shape index (κ3) is 3.41. The van der Waals surface area contributed by atoms with Crippen molar-refractivity contribution in [3.05, 3.63) is 4.85 Å². The fraction of sp³-hybridized carbons (Fsp3) is 0.667. The van der Waals surface area contributed by atoms with Gasteiger partial charge in [-0.3, -0.25) is 0 Å². The Bertz CT molecular complexity index is 75.8. The largest absolute Gasteiger partial charge is 0.307 e. The molecule has 0 fully saturated rings. The van der Waals surface area contributed by atoms with Crippen LogP contribution in [0, 0.1) is 6.07 Å². The molecular weight excluding hydrogens is 78.1 g/mol. The van der Waals surface area contributed by atoms with Gasteiger partial charge in [-0.05, 0) is 0 Å². The van der Waals surface area contributed by atoms with Crippen LogP contribution in [0.3, 0.4) is 0 Å². The van der Waals surface area contributed by atoms with Gasteiger partial charge in [-0.2, -0.15) is 0 Å². The lowest BCUT2D eigenvalue weighted by Gasteiger charge is -1.75. The van der Waals surface area contributed by atoms with Gasteiger partial charge < -0.3 is 11.5 Å². The molecule has 34 valence electrons. The molecule has 0 saturated heterocycles. The lowest BCUT2D eigenvalue weighted by atomic mass is 10.6. The van der Waals surface area contributed by atoms with Gasteiger partial charge in [-0.1, -0.05) is 4.85 Å². The molecule has 0 aliphatic heterocycles. The van der Waals surface area contributed by atoms with Crippen LogP contribution in [0.15, 0.2) is 0 Å². The van der Waals surface area contributed by atoms with E-state index >= 15 is 0 Å². The SMILES string of the molecule is C[N+]#CC(N)N. The van der Waals surface area contributed by atoms with Crippen LogP contribution in [-0.4, -0.2) is 13.2 Å². The fourth-order valence-corrected chi connectivity index (χ4v) is 0.149. The van der Waals surface area contributed by atoms with Gasteiger partial charge in [0.25, 0.3) is 7.05 Å². The average Bonchev–Trinajstić information content (AvgIpc) is 1.35. The summed E-state index contributed by atoms with van der Waals surface area (Å²) in [4.78, 5) is 3.44. The predicted octanol–water partition coefficient (Wildman–Crippen LogP) is -0.807. The minimum Gasteiger partial charge on any atom is -0.300 e. The quantitative estimate of drug-likeness (QED) is 0.379. The van der Waals surface area contributed by atoms with Gasteiger partial charge in [0.1, 0.15) is 0 Å². The van der Waals surface area contributed by atoms with Crippen molar-refractivity contribution in [2.24, 2.45) is 11.5 Å². The smallest absolute Gasteiger partial charge is 0.300 e. The van der Waals surface area contributed by atoms with E-state index in [4.69, 9.17) is 11.5 Å². The topological polar surface area (TPSA) is 56.4 Å². The zero-order valence-electron chi connectivity index (χ0n) is 3.68. The summed E-state index contributed by atoms with van der Waals surface area (Å²) in [6.07, 6.45) is -0.519. The molecule has 0 aromatic carbocycles. The van der Waals surface area contributed by atoms with Gasteiger partial charge in [0.2, 0.25) is 0 Å². The highest BCUT2D eigenvalue weighted by Crippen LogP contribution is 1.54. The summed E-state index contributed by atoms with van der Waals surface area (Å²) < 4.78 is 0. The fourth-order valence-electron chi connectivity index (χ4n) is 0.149. The van der Waals surface area contributed by atoms with Gasteiger partial charge in [-0.15, -0.1) is 0 Å². The van der Waals surface area contributed by atoms with E-state index in [9.17, 15) is 0 Å². The molecule has 0 amide bonds. The number of nitrogens with zero attached hydrogens (tertiary/aromatic N) is 1. The Labute approximate surface area is 36.8 Å². The maximum atomic E-state index is 4.98. The Hall–Kier alpha value is -0.590. The van der Waals surface area contributed by atoms with Gasteiger partial charge in [-0.25, -0.2) is 0 Å². The minimum absolute atomic E-state index is 0.519. The average molecular weight is 86.1 g/mol. The molecule has 0 heterocycles. The van der Waals surface area contributed by atoms with Crippen LogP contribution >= 0.6 is 0 Å². The lowest BCUT2D eigenvalue weighted by Crippen LogP contribution is -2.27. The zero-order valence-corrected chi connectivity index (χ0v) is 3.68. The summed E-state index contributed by atoms with van der Waals surface area (Å²) in [5.41, 5.74) is 9.95. The van der Waals surface area contributed by atoms with E-state index in [-0.39, 0.29) is 0 Å². The van der Waals surface area contributed by atoms with E-state index in [0.29, 0.717) is 0 Å². The molecule has 6 heavy (non-hydrogen) atoms. The maximum Gasteiger partial charge on any atom is 0.307 e. The Kier molecular flexibility index (Phi) is 2.38. The van der Waals surface area contributed by atoms with Crippen molar-refractivity contribution in [3.63, 3.8) is 0 Å². The van der Waals surface area contributed by atoms with Crippen molar-refractivity contribution in [3.8, 4) is 6.07 Å². The van der Waals surface area contributed by atoms with E-state index in [2.05, 4.69) is 10.9 Å². The van der Waals surface area contributed by atoms with Crippen molar-refractivity contribution < 1.29 is 0 Å². The second-order valence-corrected chi connectivity index (χ2v) is 0.878. The van der Waals surface area contributed by atoms with Crippen LogP contribution in [0.4, 0.5) is 0 Å². The summed E-state index contributed by atoms with van der Waals surface area (Å²) >= 11 is 0. The molecular formula is C3H8N3+. The Balaban J connectivity index is 3.20. The third-order valence-corrected chi connectivity index (χ3v) is 0.278. The van der Waals surface area contributed by atoms with Crippen LogP contribution in [-0.2, 0) is 0 Å². The van der Waals surface area contributed by atoms with Crippen LogP contribution in [0.2, 0.25) is 0 Å². The first-order valence-electron chi connectivity index (χ1n) is 1.63. The molecule has 3 nitrogen and oxygen atoms in total. The van der Waals surface area contributed by atoms with Crippen LogP contribution in [0.1, 0.15) is 0 Å². The van der Waals surface area contributed by atoms with Gasteiger partial charge in [0.05, 0.1) is 0 Å². The summed E-state index contributed by atoms with van der Waals surface area (Å²) in [7, 11) is 1.58. The Morgan fingerprint density at radius 3 is 2.17 bits per heavy atom.